The molecular weight excluding hydrogens is 260 g/mol. The van der Waals surface area contributed by atoms with Crippen LogP contribution in [0.2, 0.25) is 0 Å². The third kappa shape index (κ3) is 2.61. The molecule has 20 heavy (non-hydrogen) atoms. The summed E-state index contributed by atoms with van der Waals surface area (Å²) in [4.78, 5) is 23.1. The maximum absolute atomic E-state index is 12.2. The highest BCUT2D eigenvalue weighted by atomic mass is 16.5. The maximum atomic E-state index is 12.2. The number of ketones is 1. The van der Waals surface area contributed by atoms with E-state index in [1.54, 1.807) is 24.3 Å². The zero-order valence-electron chi connectivity index (χ0n) is 10.7. The van der Waals surface area contributed by atoms with Crippen molar-refractivity contribution >= 4 is 11.8 Å². The van der Waals surface area contributed by atoms with Crippen LogP contribution in [0.5, 0.6) is 11.5 Å². The Hall–Kier alpha value is -2.82. The van der Waals surface area contributed by atoms with Crippen LogP contribution < -0.4 is 4.74 Å². The van der Waals surface area contributed by atoms with Gasteiger partial charge in [0.15, 0.2) is 5.78 Å². The van der Waals surface area contributed by atoms with Gasteiger partial charge in [-0.05, 0) is 42.5 Å². The van der Waals surface area contributed by atoms with E-state index in [1.165, 1.54) is 19.2 Å². The molecule has 0 heterocycles. The van der Waals surface area contributed by atoms with Crippen molar-refractivity contribution in [2.45, 2.75) is 0 Å². The van der Waals surface area contributed by atoms with E-state index >= 15 is 0 Å². The van der Waals surface area contributed by atoms with Gasteiger partial charge in [-0.25, -0.2) is 4.79 Å². The number of phenols is 1. The minimum Gasteiger partial charge on any atom is -0.507 e. The van der Waals surface area contributed by atoms with Crippen LogP contribution in [0.1, 0.15) is 26.3 Å². The standard InChI is InChI=1S/C15H12O5/c1-20-11-5-2-9(3-6-11)14(17)10-4-7-13(16)12(8-10)15(18)19/h2-8,16H,1H3,(H,18,19). The van der Waals surface area contributed by atoms with Crippen molar-refractivity contribution in [1.29, 1.82) is 0 Å². The fraction of sp³-hybridized carbons (Fsp3) is 0.0667. The minimum atomic E-state index is -1.29. The summed E-state index contributed by atoms with van der Waals surface area (Å²) in [6.07, 6.45) is 0. The second-order valence-electron chi connectivity index (χ2n) is 4.09. The minimum absolute atomic E-state index is 0.199. The average molecular weight is 272 g/mol. The van der Waals surface area contributed by atoms with Gasteiger partial charge in [0.1, 0.15) is 17.1 Å². The summed E-state index contributed by atoms with van der Waals surface area (Å²) in [6.45, 7) is 0. The quantitative estimate of drug-likeness (QED) is 0.834. The molecule has 0 atom stereocenters. The lowest BCUT2D eigenvalue weighted by atomic mass is 10.0. The van der Waals surface area contributed by atoms with E-state index in [0.717, 1.165) is 6.07 Å². The summed E-state index contributed by atoms with van der Waals surface area (Å²) in [5, 5.41) is 18.3. The van der Waals surface area contributed by atoms with E-state index in [4.69, 9.17) is 9.84 Å². The molecule has 0 aromatic heterocycles. The predicted octanol–water partition coefficient (Wildman–Crippen LogP) is 2.33. The van der Waals surface area contributed by atoms with E-state index in [9.17, 15) is 14.7 Å². The van der Waals surface area contributed by atoms with Crippen molar-refractivity contribution in [3.8, 4) is 11.5 Å². The van der Waals surface area contributed by atoms with Gasteiger partial charge in [0, 0.05) is 11.1 Å². The highest BCUT2D eigenvalue weighted by Gasteiger charge is 2.15. The molecule has 2 aromatic carbocycles. The topological polar surface area (TPSA) is 83.8 Å². The smallest absolute Gasteiger partial charge is 0.339 e. The second-order valence-corrected chi connectivity index (χ2v) is 4.09. The Bertz CT molecular complexity index is 658. The average Bonchev–Trinajstić information content (AvgIpc) is 2.47. The fourth-order valence-corrected chi connectivity index (χ4v) is 1.76. The molecule has 2 rings (SSSR count). The number of carboxylic acid groups (broad SMARTS) is 1. The van der Waals surface area contributed by atoms with Gasteiger partial charge < -0.3 is 14.9 Å². The zero-order valence-corrected chi connectivity index (χ0v) is 10.7. The summed E-state index contributed by atoms with van der Waals surface area (Å²) in [7, 11) is 1.52. The van der Waals surface area contributed by atoms with Crippen LogP contribution >= 0.6 is 0 Å². The summed E-state index contributed by atoms with van der Waals surface area (Å²) in [5.74, 6) is -1.36. The number of ether oxygens (including phenoxy) is 1. The van der Waals surface area contributed by atoms with Gasteiger partial charge in [-0.15, -0.1) is 0 Å². The number of hydrogen-bond donors (Lipinski definition) is 2. The molecule has 0 aliphatic rings. The van der Waals surface area contributed by atoms with Crippen molar-refractivity contribution < 1.29 is 24.5 Å². The lowest BCUT2D eigenvalue weighted by molar-refractivity contribution is 0.0693. The van der Waals surface area contributed by atoms with Crippen molar-refractivity contribution in [3.63, 3.8) is 0 Å². The number of hydrogen-bond acceptors (Lipinski definition) is 4. The molecule has 5 heteroatoms. The number of methoxy groups -OCH3 is 1. The lowest BCUT2D eigenvalue weighted by Crippen LogP contribution is -2.04. The number of aromatic hydroxyl groups is 1. The van der Waals surface area contributed by atoms with E-state index in [0.29, 0.717) is 11.3 Å². The molecule has 0 fully saturated rings. The molecule has 0 radical (unpaired) electrons. The molecule has 0 saturated heterocycles. The molecule has 0 aliphatic carbocycles. The number of aromatic carboxylic acids is 1. The third-order valence-corrected chi connectivity index (χ3v) is 2.84. The summed E-state index contributed by atoms with van der Waals surface area (Å²) in [5.41, 5.74) is 0.308. The van der Waals surface area contributed by atoms with Gasteiger partial charge in [-0.1, -0.05) is 0 Å². The summed E-state index contributed by atoms with van der Waals surface area (Å²) >= 11 is 0. The molecular formula is C15H12O5. The number of benzene rings is 2. The molecule has 0 amide bonds. The highest BCUT2D eigenvalue weighted by Crippen LogP contribution is 2.21. The maximum Gasteiger partial charge on any atom is 0.339 e. The van der Waals surface area contributed by atoms with Gasteiger partial charge in [0.05, 0.1) is 7.11 Å². The van der Waals surface area contributed by atoms with Crippen LogP contribution in [0.4, 0.5) is 0 Å². The second kappa shape index (κ2) is 5.44. The molecule has 0 spiro atoms. The molecule has 2 aromatic rings. The van der Waals surface area contributed by atoms with Gasteiger partial charge in [-0.3, -0.25) is 4.79 Å². The number of rotatable bonds is 4. The van der Waals surface area contributed by atoms with E-state index in [-0.39, 0.29) is 22.7 Å². The SMILES string of the molecule is COc1ccc(C(=O)c2ccc(O)c(C(=O)O)c2)cc1. The molecule has 0 bridgehead atoms. The first-order valence-corrected chi connectivity index (χ1v) is 5.78. The lowest BCUT2D eigenvalue weighted by Gasteiger charge is -2.05. The largest absolute Gasteiger partial charge is 0.507 e. The van der Waals surface area contributed by atoms with Crippen LogP contribution in [0, 0.1) is 0 Å². The monoisotopic (exact) mass is 272 g/mol. The summed E-state index contributed by atoms with van der Waals surface area (Å²) < 4.78 is 5.00. The Morgan fingerprint density at radius 3 is 2.15 bits per heavy atom. The first-order valence-electron chi connectivity index (χ1n) is 5.78. The highest BCUT2D eigenvalue weighted by molar-refractivity contribution is 6.10. The van der Waals surface area contributed by atoms with Crippen LogP contribution in [0.15, 0.2) is 42.5 Å². The van der Waals surface area contributed by atoms with E-state index in [1.807, 2.05) is 0 Å². The molecule has 0 aliphatic heterocycles. The van der Waals surface area contributed by atoms with Crippen molar-refractivity contribution in [1.82, 2.24) is 0 Å². The normalized spacial score (nSPS) is 10.1. The molecule has 5 nitrogen and oxygen atoms in total. The number of carbonyl (C=O) groups is 2. The van der Waals surface area contributed by atoms with Crippen molar-refractivity contribution in [2.24, 2.45) is 0 Å². The molecule has 102 valence electrons. The van der Waals surface area contributed by atoms with Gasteiger partial charge in [0.25, 0.3) is 0 Å². The van der Waals surface area contributed by atoms with E-state index < -0.39 is 5.97 Å². The van der Waals surface area contributed by atoms with Crippen molar-refractivity contribution in [2.75, 3.05) is 7.11 Å². The van der Waals surface area contributed by atoms with Crippen molar-refractivity contribution in [3.05, 3.63) is 59.2 Å². The molecule has 0 saturated carbocycles. The van der Waals surface area contributed by atoms with E-state index in [2.05, 4.69) is 0 Å². The Balaban J connectivity index is 2.37. The summed E-state index contributed by atoms with van der Waals surface area (Å²) in [6, 6.07) is 10.2. The van der Waals surface area contributed by atoms with Crippen LogP contribution in [-0.4, -0.2) is 29.1 Å². The van der Waals surface area contributed by atoms with Gasteiger partial charge >= 0.3 is 5.97 Å². The first-order chi connectivity index (χ1) is 9.52. The number of carboxylic acids is 1. The van der Waals surface area contributed by atoms with Crippen LogP contribution in [0.25, 0.3) is 0 Å². The molecule has 0 unspecified atom stereocenters. The predicted molar refractivity (Wildman–Crippen MR) is 71.5 cm³/mol. The van der Waals surface area contributed by atoms with Crippen LogP contribution in [0.3, 0.4) is 0 Å². The Morgan fingerprint density at radius 1 is 1.00 bits per heavy atom. The van der Waals surface area contributed by atoms with Crippen LogP contribution in [-0.2, 0) is 0 Å². The van der Waals surface area contributed by atoms with Gasteiger partial charge in [0.2, 0.25) is 0 Å². The Kier molecular flexibility index (Phi) is 3.70. The zero-order chi connectivity index (χ0) is 14.7. The fourth-order valence-electron chi connectivity index (χ4n) is 1.76. The Labute approximate surface area is 115 Å². The third-order valence-electron chi connectivity index (χ3n) is 2.84. The molecule has 2 N–H and O–H groups in total. The first kappa shape index (κ1) is 13.6. The number of carbonyl (C=O) groups excluding carboxylic acids is 1. The van der Waals surface area contributed by atoms with Gasteiger partial charge in [-0.2, -0.15) is 0 Å². The Morgan fingerprint density at radius 2 is 1.60 bits per heavy atom.